The molecule has 0 saturated carbocycles. The van der Waals surface area contributed by atoms with Crippen LogP contribution in [0.4, 0.5) is 0 Å². The summed E-state index contributed by atoms with van der Waals surface area (Å²) in [7, 11) is 0. The Kier molecular flexibility index (Phi) is 6.18. The van der Waals surface area contributed by atoms with E-state index in [1.165, 1.54) is 0 Å². The summed E-state index contributed by atoms with van der Waals surface area (Å²) in [4.78, 5) is 23.9. The number of amides is 2. The summed E-state index contributed by atoms with van der Waals surface area (Å²) in [5, 5.41) is 5.57. The topological polar surface area (TPSA) is 58.2 Å². The molecule has 0 aromatic heterocycles. The van der Waals surface area contributed by atoms with Crippen LogP contribution in [-0.2, 0) is 4.79 Å². The van der Waals surface area contributed by atoms with E-state index in [0.717, 1.165) is 0 Å². The number of thiol groups is 1. The van der Waals surface area contributed by atoms with Gasteiger partial charge in [0.25, 0.3) is 5.91 Å². The normalized spacial score (nSPS) is 10.4. The molecule has 0 aliphatic carbocycles. The first kappa shape index (κ1) is 15.9. The largest absolute Gasteiger partial charge is 0.354 e. The van der Waals surface area contributed by atoms with E-state index in [1.54, 1.807) is 18.2 Å². The van der Waals surface area contributed by atoms with E-state index in [2.05, 4.69) is 23.3 Å². The molecule has 2 amide bonds. The van der Waals surface area contributed by atoms with E-state index in [0.29, 0.717) is 27.9 Å². The number of hydrogen-bond donors (Lipinski definition) is 3. The minimum atomic E-state index is -0.388. The van der Waals surface area contributed by atoms with E-state index < -0.39 is 0 Å². The molecule has 0 aliphatic heterocycles. The van der Waals surface area contributed by atoms with Crippen LogP contribution < -0.4 is 10.6 Å². The molecular weight excluding hydrogens is 284 g/mol. The molecule has 19 heavy (non-hydrogen) atoms. The van der Waals surface area contributed by atoms with E-state index in [4.69, 9.17) is 11.6 Å². The molecular formula is C13H17ClN2O2S. The van der Waals surface area contributed by atoms with Gasteiger partial charge in [0.2, 0.25) is 5.91 Å². The van der Waals surface area contributed by atoms with Crippen molar-refractivity contribution in [2.45, 2.75) is 18.7 Å². The highest BCUT2D eigenvalue weighted by Gasteiger charge is 2.12. The lowest BCUT2D eigenvalue weighted by Crippen LogP contribution is -2.38. The highest BCUT2D eigenvalue weighted by molar-refractivity contribution is 7.80. The van der Waals surface area contributed by atoms with Gasteiger partial charge in [0.1, 0.15) is 0 Å². The second kappa shape index (κ2) is 7.40. The number of carbonyl (C=O) groups is 2. The Labute approximate surface area is 123 Å². The van der Waals surface area contributed by atoms with Crippen molar-refractivity contribution < 1.29 is 9.59 Å². The standard InChI is InChI=1S/C13H17ClN2O2S/c1-8(2)6-15-12(17)7-16-13(18)10-5-9(19)3-4-11(10)14/h3-5,8,19H,6-7H2,1-2H3,(H,15,17)(H,16,18). The second-order valence-electron chi connectivity index (χ2n) is 4.54. The predicted octanol–water partition coefficient (Wildman–Crippen LogP) is 2.13. The van der Waals surface area contributed by atoms with Gasteiger partial charge in [-0.25, -0.2) is 0 Å². The van der Waals surface area contributed by atoms with Crippen LogP contribution in [0, 0.1) is 5.92 Å². The summed E-state index contributed by atoms with van der Waals surface area (Å²) in [6.45, 7) is 4.51. The Morgan fingerprint density at radius 3 is 2.63 bits per heavy atom. The molecule has 0 spiro atoms. The molecule has 0 unspecified atom stereocenters. The summed E-state index contributed by atoms with van der Waals surface area (Å²) >= 11 is 10.1. The first-order chi connectivity index (χ1) is 8.90. The maximum Gasteiger partial charge on any atom is 0.253 e. The Balaban J connectivity index is 2.51. The third-order valence-corrected chi connectivity index (χ3v) is 2.92. The summed E-state index contributed by atoms with van der Waals surface area (Å²) in [5.41, 5.74) is 0.311. The maximum atomic E-state index is 11.9. The van der Waals surface area contributed by atoms with E-state index in [1.807, 2.05) is 13.8 Å². The molecule has 2 N–H and O–H groups in total. The van der Waals surface area contributed by atoms with Gasteiger partial charge in [0.15, 0.2) is 0 Å². The van der Waals surface area contributed by atoms with Crippen LogP contribution in [0.5, 0.6) is 0 Å². The lowest BCUT2D eigenvalue weighted by Gasteiger charge is -2.09. The molecule has 0 aliphatic rings. The molecule has 0 fully saturated rings. The molecule has 0 heterocycles. The van der Waals surface area contributed by atoms with Crippen LogP contribution in [0.15, 0.2) is 23.1 Å². The number of carbonyl (C=O) groups excluding carboxylic acids is 2. The summed E-state index contributed by atoms with van der Waals surface area (Å²) < 4.78 is 0. The third-order valence-electron chi connectivity index (χ3n) is 2.31. The smallest absolute Gasteiger partial charge is 0.253 e. The van der Waals surface area contributed by atoms with Gasteiger partial charge in [0, 0.05) is 11.4 Å². The second-order valence-corrected chi connectivity index (χ2v) is 5.47. The predicted molar refractivity (Wildman–Crippen MR) is 78.9 cm³/mol. The summed E-state index contributed by atoms with van der Waals surface area (Å²) in [5.74, 6) is -0.240. The Hall–Kier alpha value is -1.20. The van der Waals surface area contributed by atoms with Crippen LogP contribution in [-0.4, -0.2) is 24.9 Å². The molecule has 4 nitrogen and oxygen atoms in total. The zero-order valence-corrected chi connectivity index (χ0v) is 12.5. The summed E-state index contributed by atoms with van der Waals surface area (Å²) in [6.07, 6.45) is 0. The molecule has 1 aromatic rings. The highest BCUT2D eigenvalue weighted by Crippen LogP contribution is 2.19. The molecule has 0 atom stereocenters. The van der Waals surface area contributed by atoms with Crippen molar-refractivity contribution in [2.75, 3.05) is 13.1 Å². The fraction of sp³-hybridized carbons (Fsp3) is 0.385. The fourth-order valence-corrected chi connectivity index (χ4v) is 1.73. The number of nitrogens with one attached hydrogen (secondary N) is 2. The van der Waals surface area contributed by atoms with Gasteiger partial charge in [-0.15, -0.1) is 12.6 Å². The van der Waals surface area contributed by atoms with Crippen LogP contribution >= 0.6 is 24.2 Å². The fourth-order valence-electron chi connectivity index (χ4n) is 1.32. The zero-order valence-electron chi connectivity index (χ0n) is 10.9. The van der Waals surface area contributed by atoms with Crippen molar-refractivity contribution in [1.82, 2.24) is 10.6 Å². The average molecular weight is 301 g/mol. The first-order valence-corrected chi connectivity index (χ1v) is 6.76. The number of rotatable bonds is 5. The van der Waals surface area contributed by atoms with Crippen LogP contribution in [0.1, 0.15) is 24.2 Å². The molecule has 0 bridgehead atoms. The van der Waals surface area contributed by atoms with E-state index >= 15 is 0 Å². The van der Waals surface area contributed by atoms with Gasteiger partial charge in [-0.05, 0) is 24.1 Å². The van der Waals surface area contributed by atoms with Crippen molar-refractivity contribution in [2.24, 2.45) is 5.92 Å². The first-order valence-electron chi connectivity index (χ1n) is 5.93. The van der Waals surface area contributed by atoms with Crippen molar-refractivity contribution in [3.05, 3.63) is 28.8 Å². The number of benzene rings is 1. The molecule has 6 heteroatoms. The lowest BCUT2D eigenvalue weighted by atomic mass is 10.2. The number of halogens is 1. The Bertz CT molecular complexity index is 478. The van der Waals surface area contributed by atoms with Gasteiger partial charge in [-0.3, -0.25) is 9.59 Å². The van der Waals surface area contributed by atoms with Gasteiger partial charge in [-0.1, -0.05) is 25.4 Å². The minimum Gasteiger partial charge on any atom is -0.354 e. The van der Waals surface area contributed by atoms with Gasteiger partial charge < -0.3 is 10.6 Å². The molecule has 0 radical (unpaired) electrons. The van der Waals surface area contributed by atoms with E-state index in [9.17, 15) is 9.59 Å². The molecule has 0 saturated heterocycles. The van der Waals surface area contributed by atoms with Gasteiger partial charge in [0.05, 0.1) is 17.1 Å². The zero-order chi connectivity index (χ0) is 14.4. The Morgan fingerprint density at radius 1 is 1.32 bits per heavy atom. The molecule has 1 aromatic carbocycles. The highest BCUT2D eigenvalue weighted by atomic mass is 35.5. The SMILES string of the molecule is CC(C)CNC(=O)CNC(=O)c1cc(S)ccc1Cl. The Morgan fingerprint density at radius 2 is 2.00 bits per heavy atom. The van der Waals surface area contributed by atoms with Crippen LogP contribution in [0.25, 0.3) is 0 Å². The van der Waals surface area contributed by atoms with Crippen molar-refractivity contribution >= 4 is 36.0 Å². The molecule has 1 rings (SSSR count). The van der Waals surface area contributed by atoms with Gasteiger partial charge >= 0.3 is 0 Å². The maximum absolute atomic E-state index is 11.9. The third kappa shape index (κ3) is 5.53. The van der Waals surface area contributed by atoms with Crippen LogP contribution in [0.2, 0.25) is 5.02 Å². The number of hydrogen-bond acceptors (Lipinski definition) is 3. The van der Waals surface area contributed by atoms with E-state index in [-0.39, 0.29) is 18.4 Å². The minimum absolute atomic E-state index is 0.0708. The monoisotopic (exact) mass is 300 g/mol. The van der Waals surface area contributed by atoms with Crippen molar-refractivity contribution in [1.29, 1.82) is 0 Å². The molecule has 104 valence electrons. The summed E-state index contributed by atoms with van der Waals surface area (Å²) in [6, 6.07) is 4.85. The van der Waals surface area contributed by atoms with Crippen molar-refractivity contribution in [3.63, 3.8) is 0 Å². The van der Waals surface area contributed by atoms with Crippen LogP contribution in [0.3, 0.4) is 0 Å². The average Bonchev–Trinajstić information content (AvgIpc) is 2.36. The van der Waals surface area contributed by atoms with Crippen molar-refractivity contribution in [3.8, 4) is 0 Å². The quantitative estimate of drug-likeness (QED) is 0.730. The van der Waals surface area contributed by atoms with Gasteiger partial charge in [-0.2, -0.15) is 0 Å². The lowest BCUT2D eigenvalue weighted by molar-refractivity contribution is -0.120.